The van der Waals surface area contributed by atoms with Crippen molar-refractivity contribution in [3.63, 3.8) is 0 Å². The van der Waals surface area contributed by atoms with Crippen molar-refractivity contribution in [3.8, 4) is 0 Å². The molecule has 3 aliphatic rings. The van der Waals surface area contributed by atoms with Gasteiger partial charge in [-0.1, -0.05) is 32.4 Å². The second kappa shape index (κ2) is 14.7. The lowest BCUT2D eigenvalue weighted by Gasteiger charge is -2.43. The first-order valence-electron chi connectivity index (χ1n) is 15.1. The molecular formula is C31H49N3O9S. The van der Waals surface area contributed by atoms with Crippen LogP contribution in [-0.2, 0) is 38.1 Å². The summed E-state index contributed by atoms with van der Waals surface area (Å²) in [5, 5.41) is 7.83. The molecule has 12 nitrogen and oxygen atoms in total. The number of ether oxygens (including phenoxy) is 4. The molecule has 248 valence electrons. The van der Waals surface area contributed by atoms with E-state index in [1.165, 1.54) is 12.7 Å². The van der Waals surface area contributed by atoms with E-state index in [0.717, 1.165) is 24.6 Å². The van der Waals surface area contributed by atoms with Crippen LogP contribution in [0.5, 0.6) is 0 Å². The molecule has 3 N–H and O–H groups in total. The fourth-order valence-corrected chi connectivity index (χ4v) is 6.79. The van der Waals surface area contributed by atoms with E-state index in [2.05, 4.69) is 42.8 Å². The third kappa shape index (κ3) is 9.27. The number of allylic oxidation sites excluding steroid dienone is 1. The molecule has 1 aliphatic carbocycles. The molecule has 13 heteroatoms. The van der Waals surface area contributed by atoms with E-state index in [1.54, 1.807) is 27.9 Å². The van der Waals surface area contributed by atoms with Crippen molar-refractivity contribution in [2.75, 3.05) is 32.3 Å². The fraction of sp³-hybridized carbons (Fsp3) is 0.774. The van der Waals surface area contributed by atoms with Crippen molar-refractivity contribution in [2.45, 2.75) is 109 Å². The summed E-state index contributed by atoms with van der Waals surface area (Å²) < 4.78 is 22.9. The third-order valence-corrected chi connectivity index (χ3v) is 9.65. The van der Waals surface area contributed by atoms with Crippen LogP contribution in [0.15, 0.2) is 11.6 Å². The van der Waals surface area contributed by atoms with Gasteiger partial charge in [-0.05, 0) is 40.0 Å². The number of rotatable bonds is 14. The predicted molar refractivity (Wildman–Crippen MR) is 165 cm³/mol. The SMILES string of the molecule is COC(=O)[C@H](CSCC(=O)NC(=O)N[C@@H]1CC[C@]2(CO2)[C@@H]([C@@]2(C)O[C@@H]2CC=C(C)C)[C@@H]1OC)NC(=O)CCC(=O)C(C)(C)C. The number of hydrogen-bond donors (Lipinski definition) is 3. The summed E-state index contributed by atoms with van der Waals surface area (Å²) in [6.45, 7) is 12.1. The average molecular weight is 640 g/mol. The zero-order valence-corrected chi connectivity index (χ0v) is 28.0. The summed E-state index contributed by atoms with van der Waals surface area (Å²) in [5.74, 6) is -1.92. The average Bonchev–Trinajstić information content (AvgIpc) is 3.86. The minimum absolute atomic E-state index is 0.0388. The van der Waals surface area contributed by atoms with Crippen LogP contribution in [0.2, 0.25) is 0 Å². The molecule has 1 saturated carbocycles. The van der Waals surface area contributed by atoms with E-state index >= 15 is 0 Å². The molecule has 3 rings (SSSR count). The molecule has 2 saturated heterocycles. The van der Waals surface area contributed by atoms with Crippen molar-refractivity contribution in [3.05, 3.63) is 11.6 Å². The fourth-order valence-electron chi connectivity index (χ4n) is 5.96. The van der Waals surface area contributed by atoms with Gasteiger partial charge in [0, 0.05) is 37.0 Å². The second-order valence-electron chi connectivity index (χ2n) is 13.3. The number of thioether (sulfide) groups is 1. The summed E-state index contributed by atoms with van der Waals surface area (Å²) in [7, 11) is 2.81. The van der Waals surface area contributed by atoms with Crippen molar-refractivity contribution < 1.29 is 42.9 Å². The van der Waals surface area contributed by atoms with E-state index in [1.807, 2.05) is 0 Å². The molecule has 0 aromatic rings. The normalized spacial score (nSPS) is 29.6. The summed E-state index contributed by atoms with van der Waals surface area (Å²) in [5.41, 5.74) is -0.113. The maximum Gasteiger partial charge on any atom is 0.329 e. The van der Waals surface area contributed by atoms with Crippen LogP contribution >= 0.6 is 11.8 Å². The zero-order valence-electron chi connectivity index (χ0n) is 27.2. The van der Waals surface area contributed by atoms with Gasteiger partial charge >= 0.3 is 12.0 Å². The van der Waals surface area contributed by atoms with Gasteiger partial charge in [-0.3, -0.25) is 19.7 Å². The van der Waals surface area contributed by atoms with Gasteiger partial charge in [0.15, 0.2) is 0 Å². The Labute approximate surface area is 264 Å². The number of methoxy groups -OCH3 is 2. The van der Waals surface area contributed by atoms with Crippen molar-refractivity contribution in [2.24, 2.45) is 11.3 Å². The highest BCUT2D eigenvalue weighted by molar-refractivity contribution is 8.00. The lowest BCUT2D eigenvalue weighted by atomic mass is 9.67. The van der Waals surface area contributed by atoms with Crippen LogP contribution in [0.3, 0.4) is 0 Å². The third-order valence-electron chi connectivity index (χ3n) is 8.62. The lowest BCUT2D eigenvalue weighted by molar-refractivity contribution is -0.144. The zero-order chi connectivity index (χ0) is 32.9. The number of urea groups is 1. The molecule has 2 heterocycles. The molecule has 3 fully saturated rings. The molecular weight excluding hydrogens is 590 g/mol. The first-order chi connectivity index (χ1) is 20.6. The monoisotopic (exact) mass is 639 g/mol. The van der Waals surface area contributed by atoms with Gasteiger partial charge in [-0.15, -0.1) is 11.8 Å². The molecule has 1 spiro atoms. The molecule has 0 aromatic heterocycles. The van der Waals surface area contributed by atoms with Gasteiger partial charge in [0.25, 0.3) is 0 Å². The Morgan fingerprint density at radius 1 is 1.09 bits per heavy atom. The van der Waals surface area contributed by atoms with Gasteiger partial charge in [0.05, 0.1) is 43.3 Å². The van der Waals surface area contributed by atoms with E-state index in [0.29, 0.717) is 13.0 Å². The number of Topliss-reactive ketones (excluding diaryl/α,β-unsaturated/α-hetero) is 1. The van der Waals surface area contributed by atoms with E-state index in [4.69, 9.17) is 18.9 Å². The molecule has 7 atom stereocenters. The Morgan fingerprint density at radius 3 is 2.34 bits per heavy atom. The Morgan fingerprint density at radius 2 is 1.77 bits per heavy atom. The van der Waals surface area contributed by atoms with Crippen LogP contribution in [0.1, 0.15) is 73.6 Å². The maximum absolute atomic E-state index is 12.8. The molecule has 0 unspecified atom stereocenters. The highest BCUT2D eigenvalue weighted by atomic mass is 32.2. The highest BCUT2D eigenvalue weighted by Crippen LogP contribution is 2.59. The Hall–Kier alpha value is -2.48. The standard InChI is InChI=1S/C31H49N3O9S/c1-18(2)9-11-22-30(6,43-22)26-25(40-7)19(13-14-31(26)17-42-31)33-28(39)34-24(37)16-44-15-20(27(38)41-8)32-23(36)12-10-21(35)29(3,4)5/h9,19-20,22,25-26H,10-17H2,1-8H3,(H,32,36)(H2,33,34,37,39)/t19-,20+,22-,25-,26-,30+,31+/m1/s1. The van der Waals surface area contributed by atoms with Crippen LogP contribution < -0.4 is 16.0 Å². The molecule has 0 aromatic carbocycles. The topological polar surface area (TPSA) is 165 Å². The minimum atomic E-state index is -1.01. The summed E-state index contributed by atoms with van der Waals surface area (Å²) in [4.78, 5) is 62.1. The molecule has 4 amide bonds. The number of imide groups is 1. The molecule has 0 bridgehead atoms. The Kier molecular flexibility index (Phi) is 12.1. The molecule has 0 radical (unpaired) electrons. The van der Waals surface area contributed by atoms with Crippen LogP contribution in [0.4, 0.5) is 4.79 Å². The van der Waals surface area contributed by atoms with Gasteiger partial charge < -0.3 is 29.6 Å². The van der Waals surface area contributed by atoms with Gasteiger partial charge in [-0.25, -0.2) is 9.59 Å². The van der Waals surface area contributed by atoms with Gasteiger partial charge in [0.1, 0.15) is 17.4 Å². The lowest BCUT2D eigenvalue weighted by Crippen LogP contribution is -2.60. The number of carbonyl (C=O) groups excluding carboxylic acids is 5. The van der Waals surface area contributed by atoms with Gasteiger partial charge in [0.2, 0.25) is 11.8 Å². The number of amides is 4. The van der Waals surface area contributed by atoms with Crippen molar-refractivity contribution in [1.29, 1.82) is 0 Å². The largest absolute Gasteiger partial charge is 0.467 e. The number of ketones is 1. The molecule has 2 aliphatic heterocycles. The van der Waals surface area contributed by atoms with E-state index < -0.39 is 40.9 Å². The van der Waals surface area contributed by atoms with Gasteiger partial charge in [-0.2, -0.15) is 0 Å². The Balaban J connectivity index is 1.49. The first kappa shape index (κ1) is 36.0. The minimum Gasteiger partial charge on any atom is -0.467 e. The number of carbonyl (C=O) groups is 5. The predicted octanol–water partition coefficient (Wildman–Crippen LogP) is 2.68. The number of hydrogen-bond acceptors (Lipinski definition) is 10. The summed E-state index contributed by atoms with van der Waals surface area (Å²) in [6, 6.07) is -2.00. The molecule has 44 heavy (non-hydrogen) atoms. The van der Waals surface area contributed by atoms with Crippen LogP contribution in [-0.4, -0.2) is 97.4 Å². The highest BCUT2D eigenvalue weighted by Gasteiger charge is 2.71. The van der Waals surface area contributed by atoms with Crippen molar-refractivity contribution >= 4 is 41.4 Å². The van der Waals surface area contributed by atoms with Crippen molar-refractivity contribution in [1.82, 2.24) is 16.0 Å². The smallest absolute Gasteiger partial charge is 0.329 e. The number of esters is 1. The second-order valence-corrected chi connectivity index (χ2v) is 14.4. The number of nitrogens with one attached hydrogen (secondary N) is 3. The number of epoxide rings is 2. The summed E-state index contributed by atoms with van der Waals surface area (Å²) >= 11 is 1.07. The first-order valence-corrected chi connectivity index (χ1v) is 16.3. The summed E-state index contributed by atoms with van der Waals surface area (Å²) in [6.07, 6.45) is 3.98. The maximum atomic E-state index is 12.8. The van der Waals surface area contributed by atoms with Crippen LogP contribution in [0.25, 0.3) is 0 Å². The quantitative estimate of drug-likeness (QED) is 0.146. The van der Waals surface area contributed by atoms with E-state index in [-0.39, 0.29) is 59.9 Å². The van der Waals surface area contributed by atoms with Crippen LogP contribution in [0, 0.1) is 11.3 Å². The Bertz CT molecular complexity index is 1130. The van der Waals surface area contributed by atoms with E-state index in [9.17, 15) is 24.0 Å².